The minimum Gasteiger partial charge on any atom is -0.449 e. The zero-order chi connectivity index (χ0) is 22.5. The van der Waals surface area contributed by atoms with Gasteiger partial charge in [0.15, 0.2) is 11.5 Å². The molecule has 0 saturated heterocycles. The summed E-state index contributed by atoms with van der Waals surface area (Å²) in [4.78, 5) is 27.0. The van der Waals surface area contributed by atoms with Crippen LogP contribution in [0.2, 0.25) is 5.02 Å². The molecule has 5 nitrogen and oxygen atoms in total. The van der Waals surface area contributed by atoms with Gasteiger partial charge in [-0.05, 0) is 60.0 Å². The summed E-state index contributed by atoms with van der Waals surface area (Å²) in [6.07, 6.45) is 2.11. The van der Waals surface area contributed by atoms with E-state index in [-0.39, 0.29) is 18.2 Å². The molecule has 0 spiro atoms. The number of carbonyl (C=O) groups excluding carboxylic acids is 2. The van der Waals surface area contributed by atoms with Gasteiger partial charge in [-0.1, -0.05) is 48.0 Å². The fraction of sp³-hybridized carbons (Fsp3) is 0.120. The molecule has 1 N–H and O–H groups in total. The van der Waals surface area contributed by atoms with E-state index in [1.54, 1.807) is 48.5 Å². The third-order valence-corrected chi connectivity index (χ3v) is 5.18. The molecular weight excluding hydrogens is 431 g/mol. The standard InChI is InChI=1S/C25H20ClFN2O3/c26-19-10-8-17(9-11-19)12-13-28-24(30)16-29-21-6-1-2-7-22(21)32-23(25(29)31)15-18-4-3-5-20(27)14-18/h1-11,14-15H,12-13,16H2,(H,28,30). The lowest BCUT2D eigenvalue weighted by Crippen LogP contribution is -2.44. The van der Waals surface area contributed by atoms with Gasteiger partial charge < -0.3 is 10.1 Å². The minimum absolute atomic E-state index is 0.0169. The predicted octanol–water partition coefficient (Wildman–Crippen LogP) is 4.60. The smallest absolute Gasteiger partial charge is 0.294 e. The molecule has 0 aromatic heterocycles. The maximum atomic E-state index is 13.5. The molecule has 3 aromatic carbocycles. The summed E-state index contributed by atoms with van der Waals surface area (Å²) in [5.41, 5.74) is 2.03. The largest absolute Gasteiger partial charge is 0.449 e. The van der Waals surface area contributed by atoms with Crippen LogP contribution in [0, 0.1) is 5.82 Å². The van der Waals surface area contributed by atoms with E-state index < -0.39 is 11.7 Å². The summed E-state index contributed by atoms with van der Waals surface area (Å²) in [5, 5.41) is 3.50. The molecule has 1 heterocycles. The number of nitrogens with zero attached hydrogens (tertiary/aromatic N) is 1. The van der Waals surface area contributed by atoms with Gasteiger partial charge in [-0.3, -0.25) is 14.5 Å². The Morgan fingerprint density at radius 2 is 1.84 bits per heavy atom. The summed E-state index contributed by atoms with van der Waals surface area (Å²) >= 11 is 5.89. The van der Waals surface area contributed by atoms with E-state index in [0.29, 0.717) is 35.0 Å². The van der Waals surface area contributed by atoms with Crippen LogP contribution in [0.15, 0.2) is 78.6 Å². The van der Waals surface area contributed by atoms with Crippen molar-refractivity contribution < 1.29 is 18.7 Å². The Hall–Kier alpha value is -3.64. The number of nitrogens with one attached hydrogen (secondary N) is 1. The van der Waals surface area contributed by atoms with Crippen molar-refractivity contribution in [3.63, 3.8) is 0 Å². The van der Waals surface area contributed by atoms with E-state index in [4.69, 9.17) is 16.3 Å². The van der Waals surface area contributed by atoms with Gasteiger partial charge >= 0.3 is 0 Å². The maximum absolute atomic E-state index is 13.5. The Morgan fingerprint density at radius 1 is 1.06 bits per heavy atom. The molecule has 1 aliphatic rings. The average Bonchev–Trinajstić information content (AvgIpc) is 2.78. The Labute approximate surface area is 190 Å². The lowest BCUT2D eigenvalue weighted by atomic mass is 10.1. The molecule has 0 aliphatic carbocycles. The van der Waals surface area contributed by atoms with Crippen molar-refractivity contribution in [2.24, 2.45) is 0 Å². The number of hydrogen-bond acceptors (Lipinski definition) is 3. The first kappa shape index (κ1) is 21.6. The van der Waals surface area contributed by atoms with E-state index in [2.05, 4.69) is 5.32 Å². The summed E-state index contributed by atoms with van der Waals surface area (Å²) in [5.74, 6) is -0.721. The highest BCUT2D eigenvalue weighted by molar-refractivity contribution is 6.30. The molecule has 0 saturated carbocycles. The SMILES string of the molecule is O=C(CN1C(=O)C(=Cc2cccc(F)c2)Oc2ccccc21)NCCc1ccc(Cl)cc1. The molecule has 0 fully saturated rings. The molecule has 162 valence electrons. The van der Waals surface area contributed by atoms with Crippen molar-refractivity contribution in [3.8, 4) is 5.75 Å². The van der Waals surface area contributed by atoms with Crippen molar-refractivity contribution in [1.29, 1.82) is 0 Å². The highest BCUT2D eigenvalue weighted by Crippen LogP contribution is 2.35. The van der Waals surface area contributed by atoms with Crippen molar-refractivity contribution in [3.05, 3.63) is 101 Å². The molecule has 0 bridgehead atoms. The Bertz CT molecular complexity index is 1180. The lowest BCUT2D eigenvalue weighted by molar-refractivity contribution is -0.123. The Morgan fingerprint density at radius 3 is 2.62 bits per heavy atom. The van der Waals surface area contributed by atoms with Gasteiger partial charge in [0, 0.05) is 11.6 Å². The number of hydrogen-bond donors (Lipinski definition) is 1. The molecule has 1 aliphatic heterocycles. The molecule has 3 aromatic rings. The fourth-order valence-electron chi connectivity index (χ4n) is 3.36. The number of ether oxygens (including phenoxy) is 1. The topological polar surface area (TPSA) is 58.6 Å². The number of fused-ring (bicyclic) bond motifs is 1. The number of anilines is 1. The highest BCUT2D eigenvalue weighted by Gasteiger charge is 2.31. The number of amides is 2. The fourth-order valence-corrected chi connectivity index (χ4v) is 3.49. The first-order valence-electron chi connectivity index (χ1n) is 10.1. The summed E-state index contributed by atoms with van der Waals surface area (Å²) in [6, 6.07) is 20.2. The summed E-state index contributed by atoms with van der Waals surface area (Å²) < 4.78 is 19.3. The number of para-hydroxylation sites is 2. The van der Waals surface area contributed by atoms with Crippen molar-refractivity contribution in [2.45, 2.75) is 6.42 Å². The lowest BCUT2D eigenvalue weighted by Gasteiger charge is -2.30. The molecule has 0 radical (unpaired) electrons. The second-order valence-corrected chi connectivity index (χ2v) is 7.69. The van der Waals surface area contributed by atoms with Crippen LogP contribution in [0.3, 0.4) is 0 Å². The van der Waals surface area contributed by atoms with Crippen LogP contribution in [0.25, 0.3) is 6.08 Å². The third kappa shape index (κ3) is 5.15. The van der Waals surface area contributed by atoms with Gasteiger partial charge in [0.25, 0.3) is 5.91 Å². The summed E-state index contributed by atoms with van der Waals surface area (Å²) in [7, 11) is 0. The third-order valence-electron chi connectivity index (χ3n) is 4.93. The predicted molar refractivity (Wildman–Crippen MR) is 122 cm³/mol. The van der Waals surface area contributed by atoms with Crippen LogP contribution in [-0.2, 0) is 16.0 Å². The van der Waals surface area contributed by atoms with Crippen molar-refractivity contribution >= 4 is 35.2 Å². The van der Waals surface area contributed by atoms with Crippen LogP contribution in [0.4, 0.5) is 10.1 Å². The van der Waals surface area contributed by atoms with Gasteiger partial charge in [-0.2, -0.15) is 0 Å². The highest BCUT2D eigenvalue weighted by atomic mass is 35.5. The monoisotopic (exact) mass is 450 g/mol. The maximum Gasteiger partial charge on any atom is 0.294 e. The molecule has 32 heavy (non-hydrogen) atoms. The number of halogens is 2. The average molecular weight is 451 g/mol. The van der Waals surface area contributed by atoms with Gasteiger partial charge in [0.1, 0.15) is 12.4 Å². The van der Waals surface area contributed by atoms with Crippen molar-refractivity contribution in [2.75, 3.05) is 18.0 Å². The summed E-state index contributed by atoms with van der Waals surface area (Å²) in [6.45, 7) is 0.257. The van der Waals surface area contributed by atoms with E-state index in [1.165, 1.54) is 23.1 Å². The van der Waals surface area contributed by atoms with E-state index >= 15 is 0 Å². The van der Waals surface area contributed by atoms with Gasteiger partial charge in [0.05, 0.1) is 5.69 Å². The van der Waals surface area contributed by atoms with Crippen LogP contribution in [0.1, 0.15) is 11.1 Å². The van der Waals surface area contributed by atoms with Crippen molar-refractivity contribution in [1.82, 2.24) is 5.32 Å². The molecule has 2 amide bonds. The Kier molecular flexibility index (Phi) is 6.52. The van der Waals surface area contributed by atoms with E-state index in [0.717, 1.165) is 5.56 Å². The zero-order valence-corrected chi connectivity index (χ0v) is 17.8. The Balaban J connectivity index is 1.48. The molecular formula is C25H20ClFN2O3. The molecule has 4 rings (SSSR count). The van der Waals surface area contributed by atoms with Crippen LogP contribution in [0.5, 0.6) is 5.75 Å². The minimum atomic E-state index is -0.471. The van der Waals surface area contributed by atoms with Crippen LogP contribution >= 0.6 is 11.6 Å². The normalized spacial score (nSPS) is 14.1. The van der Waals surface area contributed by atoms with E-state index in [1.807, 2.05) is 12.1 Å². The van der Waals surface area contributed by atoms with Gasteiger partial charge in [0.2, 0.25) is 5.91 Å². The molecule has 7 heteroatoms. The number of carbonyl (C=O) groups is 2. The second-order valence-electron chi connectivity index (χ2n) is 7.25. The van der Waals surface area contributed by atoms with Crippen LogP contribution < -0.4 is 15.0 Å². The van der Waals surface area contributed by atoms with E-state index in [9.17, 15) is 14.0 Å². The number of benzene rings is 3. The van der Waals surface area contributed by atoms with Crippen LogP contribution in [-0.4, -0.2) is 24.9 Å². The molecule has 0 unspecified atom stereocenters. The first-order valence-corrected chi connectivity index (χ1v) is 10.4. The molecule has 0 atom stereocenters. The van der Waals surface area contributed by atoms with Gasteiger partial charge in [-0.15, -0.1) is 0 Å². The first-order chi connectivity index (χ1) is 15.5. The quantitative estimate of drug-likeness (QED) is 0.558. The second kappa shape index (κ2) is 9.66. The zero-order valence-electron chi connectivity index (χ0n) is 17.1. The van der Waals surface area contributed by atoms with Gasteiger partial charge in [-0.25, -0.2) is 4.39 Å². The number of rotatable bonds is 6.